The van der Waals surface area contributed by atoms with E-state index in [1.807, 2.05) is 41.3 Å². The minimum absolute atomic E-state index is 0.0522. The zero-order chi connectivity index (χ0) is 16.7. The molecule has 1 aromatic carbocycles. The van der Waals surface area contributed by atoms with Gasteiger partial charge in [0.2, 0.25) is 0 Å². The predicted molar refractivity (Wildman–Crippen MR) is 98.1 cm³/mol. The van der Waals surface area contributed by atoms with E-state index in [-0.39, 0.29) is 5.91 Å². The second-order valence-electron chi connectivity index (χ2n) is 5.36. The fourth-order valence-electron chi connectivity index (χ4n) is 2.31. The first-order valence-corrected chi connectivity index (χ1v) is 8.71. The lowest BCUT2D eigenvalue weighted by Crippen LogP contribution is -2.32. The van der Waals surface area contributed by atoms with Crippen molar-refractivity contribution in [1.82, 2.24) is 9.88 Å². The van der Waals surface area contributed by atoms with Crippen LogP contribution in [0.25, 0.3) is 0 Å². The number of carbonyl (C=O) groups is 1. The van der Waals surface area contributed by atoms with Crippen LogP contribution in [0.4, 0.5) is 11.5 Å². The Balaban J connectivity index is 2.05. The first-order chi connectivity index (χ1) is 11.1. The molecular weight excluding hydrogens is 354 g/mol. The van der Waals surface area contributed by atoms with E-state index in [9.17, 15) is 4.79 Å². The third-order valence-corrected chi connectivity index (χ3v) is 3.93. The summed E-state index contributed by atoms with van der Waals surface area (Å²) in [7, 11) is 0. The van der Waals surface area contributed by atoms with Crippen LogP contribution in [0.1, 0.15) is 37.0 Å². The topological polar surface area (TPSA) is 45.2 Å². The van der Waals surface area contributed by atoms with Gasteiger partial charge in [0, 0.05) is 29.4 Å². The van der Waals surface area contributed by atoms with Gasteiger partial charge in [-0.15, -0.1) is 0 Å². The standard InChI is InChI=1S/C18H22BrN3O/c1-3-11-22(12-4-2)18(23)14-5-10-17(20-13-14)21-16-8-6-15(19)7-9-16/h5-10,13H,3-4,11-12H2,1-2H3,(H,20,21). The van der Waals surface area contributed by atoms with E-state index < -0.39 is 0 Å². The highest BCUT2D eigenvalue weighted by atomic mass is 79.9. The Bertz CT molecular complexity index is 620. The minimum Gasteiger partial charge on any atom is -0.340 e. The van der Waals surface area contributed by atoms with E-state index in [1.165, 1.54) is 0 Å². The normalized spacial score (nSPS) is 10.4. The molecule has 2 rings (SSSR count). The highest BCUT2D eigenvalue weighted by molar-refractivity contribution is 9.10. The van der Waals surface area contributed by atoms with Crippen molar-refractivity contribution in [3.8, 4) is 0 Å². The molecule has 2 aromatic rings. The van der Waals surface area contributed by atoms with Crippen LogP contribution in [-0.2, 0) is 0 Å². The molecule has 0 fully saturated rings. The Morgan fingerprint density at radius 3 is 2.26 bits per heavy atom. The van der Waals surface area contributed by atoms with Crippen LogP contribution in [0.15, 0.2) is 47.1 Å². The molecule has 0 saturated heterocycles. The summed E-state index contributed by atoms with van der Waals surface area (Å²) in [5.41, 5.74) is 1.59. The number of amides is 1. The van der Waals surface area contributed by atoms with Crippen molar-refractivity contribution in [2.45, 2.75) is 26.7 Å². The Hall–Kier alpha value is -1.88. The number of anilines is 2. The van der Waals surface area contributed by atoms with Crippen LogP contribution >= 0.6 is 15.9 Å². The number of benzene rings is 1. The second kappa shape index (κ2) is 8.67. The van der Waals surface area contributed by atoms with E-state index in [0.717, 1.165) is 41.9 Å². The average Bonchev–Trinajstić information content (AvgIpc) is 2.57. The minimum atomic E-state index is 0.0522. The Morgan fingerprint density at radius 2 is 1.74 bits per heavy atom. The number of rotatable bonds is 7. The van der Waals surface area contributed by atoms with Gasteiger partial charge in [-0.2, -0.15) is 0 Å². The summed E-state index contributed by atoms with van der Waals surface area (Å²) in [6.45, 7) is 5.73. The average molecular weight is 376 g/mol. The van der Waals surface area contributed by atoms with Gasteiger partial charge in [0.15, 0.2) is 0 Å². The maximum Gasteiger partial charge on any atom is 0.255 e. The molecule has 0 aliphatic heterocycles. The van der Waals surface area contributed by atoms with E-state index in [2.05, 4.69) is 40.1 Å². The van der Waals surface area contributed by atoms with Crippen molar-refractivity contribution < 1.29 is 4.79 Å². The second-order valence-corrected chi connectivity index (χ2v) is 6.27. The van der Waals surface area contributed by atoms with Gasteiger partial charge in [0.25, 0.3) is 5.91 Å². The van der Waals surface area contributed by atoms with Crippen molar-refractivity contribution in [2.24, 2.45) is 0 Å². The summed E-state index contributed by atoms with van der Waals surface area (Å²) < 4.78 is 1.03. The number of hydrogen-bond donors (Lipinski definition) is 1. The molecule has 0 radical (unpaired) electrons. The van der Waals surface area contributed by atoms with Crippen molar-refractivity contribution >= 4 is 33.3 Å². The fourth-order valence-corrected chi connectivity index (χ4v) is 2.58. The number of nitrogens with zero attached hydrogens (tertiary/aromatic N) is 2. The third-order valence-electron chi connectivity index (χ3n) is 3.40. The Morgan fingerprint density at radius 1 is 1.09 bits per heavy atom. The van der Waals surface area contributed by atoms with Crippen LogP contribution < -0.4 is 5.32 Å². The monoisotopic (exact) mass is 375 g/mol. The van der Waals surface area contributed by atoms with Gasteiger partial charge in [-0.3, -0.25) is 4.79 Å². The van der Waals surface area contributed by atoms with E-state index in [4.69, 9.17) is 0 Å². The summed E-state index contributed by atoms with van der Waals surface area (Å²) in [6.07, 6.45) is 3.56. The van der Waals surface area contributed by atoms with Crippen LogP contribution in [0, 0.1) is 0 Å². The van der Waals surface area contributed by atoms with Crippen LogP contribution in [0.2, 0.25) is 0 Å². The number of nitrogens with one attached hydrogen (secondary N) is 1. The van der Waals surface area contributed by atoms with Gasteiger partial charge in [0.05, 0.1) is 5.56 Å². The van der Waals surface area contributed by atoms with Crippen LogP contribution in [0.5, 0.6) is 0 Å². The predicted octanol–water partition coefficient (Wildman–Crippen LogP) is 4.85. The Labute approximate surface area is 146 Å². The molecule has 1 aromatic heterocycles. The first kappa shape index (κ1) is 17.5. The molecule has 4 nitrogen and oxygen atoms in total. The van der Waals surface area contributed by atoms with E-state index >= 15 is 0 Å². The molecule has 0 atom stereocenters. The fraction of sp³-hybridized carbons (Fsp3) is 0.333. The third kappa shape index (κ3) is 5.06. The molecule has 0 spiro atoms. The van der Waals surface area contributed by atoms with Gasteiger partial charge in [-0.1, -0.05) is 29.8 Å². The quantitative estimate of drug-likeness (QED) is 0.751. The van der Waals surface area contributed by atoms with E-state index in [1.54, 1.807) is 6.20 Å². The maximum atomic E-state index is 12.5. The van der Waals surface area contributed by atoms with Gasteiger partial charge in [-0.25, -0.2) is 4.98 Å². The van der Waals surface area contributed by atoms with Crippen LogP contribution in [-0.4, -0.2) is 28.9 Å². The molecule has 0 aliphatic carbocycles. The number of halogens is 1. The molecule has 0 saturated carbocycles. The molecule has 0 bridgehead atoms. The van der Waals surface area contributed by atoms with Crippen molar-refractivity contribution in [3.63, 3.8) is 0 Å². The van der Waals surface area contributed by atoms with Crippen molar-refractivity contribution in [2.75, 3.05) is 18.4 Å². The molecule has 1 N–H and O–H groups in total. The summed E-state index contributed by atoms with van der Waals surface area (Å²) >= 11 is 3.41. The summed E-state index contributed by atoms with van der Waals surface area (Å²) in [5.74, 6) is 0.776. The zero-order valence-electron chi connectivity index (χ0n) is 13.6. The summed E-state index contributed by atoms with van der Waals surface area (Å²) in [4.78, 5) is 18.7. The molecule has 5 heteroatoms. The zero-order valence-corrected chi connectivity index (χ0v) is 15.1. The molecular formula is C18H22BrN3O. The number of aromatic nitrogens is 1. The maximum absolute atomic E-state index is 12.5. The van der Waals surface area contributed by atoms with Crippen molar-refractivity contribution in [3.05, 3.63) is 52.6 Å². The lowest BCUT2D eigenvalue weighted by molar-refractivity contribution is 0.0755. The van der Waals surface area contributed by atoms with Crippen LogP contribution in [0.3, 0.4) is 0 Å². The Kier molecular flexibility index (Phi) is 6.59. The number of pyridine rings is 1. The van der Waals surface area contributed by atoms with E-state index in [0.29, 0.717) is 5.56 Å². The molecule has 0 unspecified atom stereocenters. The molecule has 1 heterocycles. The summed E-state index contributed by atoms with van der Waals surface area (Å²) in [6, 6.07) is 11.5. The lowest BCUT2D eigenvalue weighted by Gasteiger charge is -2.21. The highest BCUT2D eigenvalue weighted by Crippen LogP contribution is 2.18. The van der Waals surface area contributed by atoms with Gasteiger partial charge in [-0.05, 0) is 49.2 Å². The SMILES string of the molecule is CCCN(CCC)C(=O)c1ccc(Nc2ccc(Br)cc2)nc1. The van der Waals surface area contributed by atoms with Gasteiger partial charge >= 0.3 is 0 Å². The largest absolute Gasteiger partial charge is 0.340 e. The molecule has 23 heavy (non-hydrogen) atoms. The number of carbonyl (C=O) groups excluding carboxylic acids is 1. The van der Waals surface area contributed by atoms with Gasteiger partial charge in [0.1, 0.15) is 5.82 Å². The lowest BCUT2D eigenvalue weighted by atomic mass is 10.2. The highest BCUT2D eigenvalue weighted by Gasteiger charge is 2.14. The molecule has 122 valence electrons. The first-order valence-electron chi connectivity index (χ1n) is 7.92. The summed E-state index contributed by atoms with van der Waals surface area (Å²) in [5, 5.41) is 3.22. The van der Waals surface area contributed by atoms with Crippen molar-refractivity contribution in [1.29, 1.82) is 0 Å². The molecule has 1 amide bonds. The van der Waals surface area contributed by atoms with Gasteiger partial charge < -0.3 is 10.2 Å². The molecule has 0 aliphatic rings. The smallest absolute Gasteiger partial charge is 0.255 e. The number of hydrogen-bond acceptors (Lipinski definition) is 3.